The molecule has 0 aliphatic rings. The number of nitrogens with zero attached hydrogens (tertiary/aromatic N) is 1. The number of amides is 3. The summed E-state index contributed by atoms with van der Waals surface area (Å²) in [6, 6.07) is 5.53. The van der Waals surface area contributed by atoms with Gasteiger partial charge in [-0.15, -0.1) is 0 Å². The van der Waals surface area contributed by atoms with Gasteiger partial charge < -0.3 is 25.4 Å². The molecule has 0 aliphatic carbocycles. The Morgan fingerprint density at radius 1 is 1.12 bits per heavy atom. The number of aryl methyl sites for hydroxylation is 1. The van der Waals surface area contributed by atoms with Crippen LogP contribution in [-0.4, -0.2) is 70.8 Å². The third kappa shape index (κ3) is 9.93. The van der Waals surface area contributed by atoms with Gasteiger partial charge in [-0.1, -0.05) is 31.2 Å². The van der Waals surface area contributed by atoms with E-state index in [9.17, 15) is 19.5 Å². The van der Waals surface area contributed by atoms with E-state index in [2.05, 4.69) is 10.6 Å². The van der Waals surface area contributed by atoms with Gasteiger partial charge in [0, 0.05) is 12.6 Å². The van der Waals surface area contributed by atoms with Crippen LogP contribution in [0.5, 0.6) is 0 Å². The van der Waals surface area contributed by atoms with E-state index in [1.165, 1.54) is 4.90 Å². The van der Waals surface area contributed by atoms with Crippen LogP contribution in [0.15, 0.2) is 24.3 Å². The van der Waals surface area contributed by atoms with Crippen LogP contribution in [0.3, 0.4) is 0 Å². The monoisotopic (exact) mass is 495 g/mol. The molecule has 3 N–H and O–H groups in total. The van der Waals surface area contributed by atoms with Crippen LogP contribution in [0.2, 0.25) is 0 Å². The van der Waals surface area contributed by atoms with Crippen molar-refractivity contribution in [1.29, 1.82) is 0 Å². The highest BCUT2D eigenvalue weighted by atomic mass is 32.2. The SMILES string of the molecule is CCc1ccc(C(C(=O)NC(C)C)N(CCO)C(=O)C(CCSC)NC(=O)OC(C)(C)C)cc1. The first-order chi connectivity index (χ1) is 15.9. The van der Waals surface area contributed by atoms with Crippen molar-refractivity contribution in [2.75, 3.05) is 25.2 Å². The zero-order valence-corrected chi connectivity index (χ0v) is 22.3. The number of aliphatic hydroxyl groups is 1. The highest BCUT2D eigenvalue weighted by Gasteiger charge is 2.36. The van der Waals surface area contributed by atoms with Crippen LogP contribution >= 0.6 is 11.8 Å². The quantitative estimate of drug-likeness (QED) is 0.411. The predicted molar refractivity (Wildman–Crippen MR) is 137 cm³/mol. The third-order valence-electron chi connectivity index (χ3n) is 4.92. The van der Waals surface area contributed by atoms with Gasteiger partial charge >= 0.3 is 6.09 Å². The fourth-order valence-corrected chi connectivity index (χ4v) is 3.86. The zero-order valence-electron chi connectivity index (χ0n) is 21.5. The molecule has 0 bridgehead atoms. The number of carbonyl (C=O) groups excluding carboxylic acids is 3. The molecule has 3 amide bonds. The number of hydrogen-bond donors (Lipinski definition) is 3. The number of rotatable bonds is 12. The first kappa shape index (κ1) is 29.8. The van der Waals surface area contributed by atoms with Gasteiger partial charge in [-0.2, -0.15) is 11.8 Å². The highest BCUT2D eigenvalue weighted by Crippen LogP contribution is 2.24. The van der Waals surface area contributed by atoms with Crippen molar-refractivity contribution in [3.8, 4) is 0 Å². The molecule has 0 radical (unpaired) electrons. The molecule has 0 spiro atoms. The summed E-state index contributed by atoms with van der Waals surface area (Å²) < 4.78 is 5.35. The second-order valence-electron chi connectivity index (χ2n) is 9.40. The number of nitrogens with one attached hydrogen (secondary N) is 2. The third-order valence-corrected chi connectivity index (χ3v) is 5.56. The van der Waals surface area contributed by atoms with Crippen molar-refractivity contribution in [3.63, 3.8) is 0 Å². The molecule has 192 valence electrons. The summed E-state index contributed by atoms with van der Waals surface area (Å²) in [5.74, 6) is -0.174. The maximum atomic E-state index is 13.7. The standard InChI is InChI=1S/C25H41N3O5S/c1-8-18-9-11-19(12-10-18)21(22(30)26-17(2)3)28(14-15-29)23(31)20(13-16-34-7)27-24(32)33-25(4,5)6/h9-12,17,20-21,29H,8,13-16H2,1-7H3,(H,26,30)(H,27,32). The molecule has 1 aromatic carbocycles. The van der Waals surface area contributed by atoms with E-state index in [4.69, 9.17) is 4.74 Å². The van der Waals surface area contributed by atoms with Crippen LogP contribution in [0.1, 0.15) is 65.1 Å². The topological polar surface area (TPSA) is 108 Å². The summed E-state index contributed by atoms with van der Waals surface area (Å²) >= 11 is 1.54. The number of hydrogen-bond acceptors (Lipinski definition) is 6. The molecule has 2 unspecified atom stereocenters. The van der Waals surface area contributed by atoms with Crippen molar-refractivity contribution in [1.82, 2.24) is 15.5 Å². The highest BCUT2D eigenvalue weighted by molar-refractivity contribution is 7.98. The van der Waals surface area contributed by atoms with E-state index in [0.717, 1.165) is 12.0 Å². The first-order valence-corrected chi connectivity index (χ1v) is 13.1. The maximum Gasteiger partial charge on any atom is 0.408 e. The summed E-state index contributed by atoms with van der Waals surface area (Å²) in [7, 11) is 0. The fourth-order valence-electron chi connectivity index (χ4n) is 3.39. The van der Waals surface area contributed by atoms with Crippen molar-refractivity contribution >= 4 is 29.7 Å². The van der Waals surface area contributed by atoms with Gasteiger partial charge in [0.2, 0.25) is 11.8 Å². The first-order valence-electron chi connectivity index (χ1n) is 11.7. The minimum absolute atomic E-state index is 0.0592. The van der Waals surface area contributed by atoms with E-state index < -0.39 is 29.7 Å². The molecule has 34 heavy (non-hydrogen) atoms. The Morgan fingerprint density at radius 3 is 2.21 bits per heavy atom. The van der Waals surface area contributed by atoms with E-state index in [1.54, 1.807) is 32.5 Å². The van der Waals surface area contributed by atoms with Crippen molar-refractivity contribution < 1.29 is 24.2 Å². The van der Waals surface area contributed by atoms with Gasteiger partial charge in [0.15, 0.2) is 0 Å². The van der Waals surface area contributed by atoms with Crippen LogP contribution < -0.4 is 10.6 Å². The van der Waals surface area contributed by atoms with Crippen molar-refractivity contribution in [3.05, 3.63) is 35.4 Å². The molecule has 1 aromatic rings. The molecule has 8 nitrogen and oxygen atoms in total. The smallest absolute Gasteiger partial charge is 0.408 e. The number of thioether (sulfide) groups is 1. The van der Waals surface area contributed by atoms with Crippen LogP contribution in [0.25, 0.3) is 0 Å². The van der Waals surface area contributed by atoms with Gasteiger partial charge in [-0.05, 0) is 70.6 Å². The summed E-state index contributed by atoms with van der Waals surface area (Å²) in [6.45, 7) is 10.6. The molecule has 0 fully saturated rings. The number of benzene rings is 1. The Bertz CT molecular complexity index is 793. The van der Waals surface area contributed by atoms with Crippen LogP contribution in [0, 0.1) is 0 Å². The van der Waals surface area contributed by atoms with E-state index in [0.29, 0.717) is 17.7 Å². The molecule has 0 aromatic heterocycles. The Hall–Kier alpha value is -2.26. The summed E-state index contributed by atoms with van der Waals surface area (Å²) in [5.41, 5.74) is 1.03. The molecular weight excluding hydrogens is 454 g/mol. The second-order valence-corrected chi connectivity index (χ2v) is 10.4. The molecule has 0 saturated heterocycles. The molecule has 2 atom stereocenters. The average molecular weight is 496 g/mol. The lowest BCUT2D eigenvalue weighted by Crippen LogP contribution is -2.54. The van der Waals surface area contributed by atoms with Crippen molar-refractivity contribution in [2.24, 2.45) is 0 Å². The number of alkyl carbamates (subject to hydrolysis) is 1. The van der Waals surface area contributed by atoms with Gasteiger partial charge in [-0.3, -0.25) is 9.59 Å². The minimum Gasteiger partial charge on any atom is -0.444 e. The molecule has 1 rings (SSSR count). The normalized spacial score (nSPS) is 13.2. The summed E-state index contributed by atoms with van der Waals surface area (Å²) in [4.78, 5) is 40.8. The number of carbonyl (C=O) groups is 3. The summed E-state index contributed by atoms with van der Waals surface area (Å²) in [6.07, 6.45) is 2.41. The molecule has 0 aliphatic heterocycles. The molecule has 0 saturated carbocycles. The molecular formula is C25H41N3O5S. The number of aliphatic hydroxyl groups excluding tert-OH is 1. The zero-order chi connectivity index (χ0) is 25.9. The molecule has 9 heteroatoms. The Labute approximate surface area is 208 Å². The lowest BCUT2D eigenvalue weighted by Gasteiger charge is -2.34. The van der Waals surface area contributed by atoms with E-state index >= 15 is 0 Å². The summed E-state index contributed by atoms with van der Waals surface area (Å²) in [5, 5.41) is 15.3. The Kier molecular flexibility index (Phi) is 12.4. The van der Waals surface area contributed by atoms with Gasteiger partial charge in [0.05, 0.1) is 6.61 Å². The largest absolute Gasteiger partial charge is 0.444 e. The Morgan fingerprint density at radius 2 is 1.74 bits per heavy atom. The molecule has 0 heterocycles. The lowest BCUT2D eigenvalue weighted by molar-refractivity contribution is -0.143. The van der Waals surface area contributed by atoms with Crippen LogP contribution in [0.4, 0.5) is 4.79 Å². The van der Waals surface area contributed by atoms with E-state index in [1.807, 2.05) is 51.3 Å². The van der Waals surface area contributed by atoms with Gasteiger partial charge in [0.1, 0.15) is 17.7 Å². The van der Waals surface area contributed by atoms with Crippen LogP contribution in [-0.2, 0) is 20.7 Å². The van der Waals surface area contributed by atoms with Gasteiger partial charge in [0.25, 0.3) is 0 Å². The predicted octanol–water partition coefficient (Wildman–Crippen LogP) is 3.28. The fraction of sp³-hybridized carbons (Fsp3) is 0.640. The Balaban J connectivity index is 3.37. The minimum atomic E-state index is -0.954. The van der Waals surface area contributed by atoms with Crippen molar-refractivity contribution in [2.45, 2.75) is 78.1 Å². The second kappa shape index (κ2) is 14.2. The van der Waals surface area contributed by atoms with Gasteiger partial charge in [-0.25, -0.2) is 4.79 Å². The number of ether oxygens (including phenoxy) is 1. The van der Waals surface area contributed by atoms with E-state index in [-0.39, 0.29) is 25.1 Å². The maximum absolute atomic E-state index is 13.7. The average Bonchev–Trinajstić information content (AvgIpc) is 2.74. The lowest BCUT2D eigenvalue weighted by atomic mass is 10.00.